The van der Waals surface area contributed by atoms with Crippen LogP contribution < -0.4 is 9.62 Å². The van der Waals surface area contributed by atoms with Gasteiger partial charge in [-0.2, -0.15) is 0 Å². The molecule has 7 nitrogen and oxygen atoms in total. The van der Waals surface area contributed by atoms with Gasteiger partial charge in [0.1, 0.15) is 12.6 Å². The van der Waals surface area contributed by atoms with E-state index in [9.17, 15) is 18.0 Å². The summed E-state index contributed by atoms with van der Waals surface area (Å²) in [5.74, 6) is -0.778. The van der Waals surface area contributed by atoms with E-state index >= 15 is 0 Å². The second kappa shape index (κ2) is 13.4. The van der Waals surface area contributed by atoms with Crippen molar-refractivity contribution >= 4 is 39.1 Å². The van der Waals surface area contributed by atoms with Crippen LogP contribution in [0.1, 0.15) is 37.8 Å². The normalized spacial score (nSPS) is 12.0. The van der Waals surface area contributed by atoms with E-state index in [0.29, 0.717) is 17.3 Å². The predicted molar refractivity (Wildman–Crippen MR) is 152 cm³/mol. The number of aryl methyl sites for hydroxylation is 1. The van der Waals surface area contributed by atoms with Gasteiger partial charge in [0.2, 0.25) is 11.8 Å². The Morgan fingerprint density at radius 3 is 2.21 bits per heavy atom. The van der Waals surface area contributed by atoms with Crippen LogP contribution in [0.25, 0.3) is 0 Å². The number of rotatable bonds is 12. The number of anilines is 1. The van der Waals surface area contributed by atoms with E-state index in [1.807, 2.05) is 38.1 Å². The maximum Gasteiger partial charge on any atom is 0.264 e. The summed E-state index contributed by atoms with van der Waals surface area (Å²) >= 11 is 5.98. The summed E-state index contributed by atoms with van der Waals surface area (Å²) in [5, 5.41) is 3.29. The molecule has 0 bridgehead atoms. The molecule has 0 saturated carbocycles. The molecule has 2 amide bonds. The van der Waals surface area contributed by atoms with Crippen LogP contribution in [-0.4, -0.2) is 44.3 Å². The SMILES string of the molecule is CCCCNC(=O)[C@@H](C)N(Cc1ccccc1C)C(=O)CN(c1ccccc1)S(=O)(=O)c1ccc(Cl)cc1. The Hall–Kier alpha value is -3.36. The fourth-order valence-electron chi connectivity index (χ4n) is 3.95. The minimum Gasteiger partial charge on any atom is -0.354 e. The van der Waals surface area contributed by atoms with Crippen molar-refractivity contribution < 1.29 is 18.0 Å². The Morgan fingerprint density at radius 2 is 1.58 bits per heavy atom. The number of para-hydroxylation sites is 1. The maximum atomic E-state index is 13.9. The molecule has 0 unspecified atom stereocenters. The molecular weight excluding hydrogens is 522 g/mol. The second-order valence-corrected chi connectivity index (χ2v) is 11.4. The summed E-state index contributed by atoms with van der Waals surface area (Å²) in [5.41, 5.74) is 2.19. The van der Waals surface area contributed by atoms with Gasteiger partial charge in [0, 0.05) is 18.1 Å². The van der Waals surface area contributed by atoms with Crippen LogP contribution >= 0.6 is 11.6 Å². The molecule has 0 aromatic heterocycles. The third-order valence-electron chi connectivity index (χ3n) is 6.32. The number of hydrogen-bond acceptors (Lipinski definition) is 4. The summed E-state index contributed by atoms with van der Waals surface area (Å²) in [4.78, 5) is 28.3. The first kappa shape index (κ1) is 29.2. The lowest BCUT2D eigenvalue weighted by Crippen LogP contribution is -2.51. The smallest absolute Gasteiger partial charge is 0.264 e. The molecular formula is C29H34ClN3O4S. The molecule has 38 heavy (non-hydrogen) atoms. The molecule has 9 heteroatoms. The van der Waals surface area contributed by atoms with Crippen molar-refractivity contribution in [2.45, 2.75) is 51.1 Å². The van der Waals surface area contributed by atoms with Crippen molar-refractivity contribution in [1.29, 1.82) is 0 Å². The largest absolute Gasteiger partial charge is 0.354 e. The minimum absolute atomic E-state index is 0.00867. The van der Waals surface area contributed by atoms with Crippen LogP contribution in [0.3, 0.4) is 0 Å². The van der Waals surface area contributed by atoms with E-state index in [1.165, 1.54) is 29.2 Å². The van der Waals surface area contributed by atoms with Crippen LogP contribution in [0.2, 0.25) is 5.02 Å². The molecule has 3 aromatic rings. The Bertz CT molecular complexity index is 1330. The number of amides is 2. The van der Waals surface area contributed by atoms with Gasteiger partial charge in [-0.1, -0.05) is 67.4 Å². The van der Waals surface area contributed by atoms with Gasteiger partial charge in [0.15, 0.2) is 0 Å². The average Bonchev–Trinajstić information content (AvgIpc) is 2.91. The van der Waals surface area contributed by atoms with Crippen LogP contribution in [-0.2, 0) is 26.2 Å². The van der Waals surface area contributed by atoms with Crippen molar-refractivity contribution in [2.75, 3.05) is 17.4 Å². The van der Waals surface area contributed by atoms with Crippen molar-refractivity contribution in [3.8, 4) is 0 Å². The lowest BCUT2D eigenvalue weighted by atomic mass is 10.1. The molecule has 0 aliphatic carbocycles. The van der Waals surface area contributed by atoms with Crippen molar-refractivity contribution in [3.63, 3.8) is 0 Å². The van der Waals surface area contributed by atoms with E-state index in [1.54, 1.807) is 37.3 Å². The van der Waals surface area contributed by atoms with Gasteiger partial charge in [-0.3, -0.25) is 13.9 Å². The molecule has 1 N–H and O–H groups in total. The second-order valence-electron chi connectivity index (χ2n) is 9.07. The molecule has 3 rings (SSSR count). The fraction of sp³-hybridized carbons (Fsp3) is 0.310. The van der Waals surface area contributed by atoms with Gasteiger partial charge in [0.25, 0.3) is 10.0 Å². The third kappa shape index (κ3) is 7.36. The number of nitrogens with zero attached hydrogens (tertiary/aromatic N) is 2. The lowest BCUT2D eigenvalue weighted by Gasteiger charge is -2.32. The van der Waals surface area contributed by atoms with E-state index in [-0.39, 0.29) is 17.3 Å². The van der Waals surface area contributed by atoms with E-state index in [2.05, 4.69) is 5.32 Å². The number of unbranched alkanes of at least 4 members (excludes halogenated alkanes) is 1. The van der Waals surface area contributed by atoms with Crippen LogP contribution in [0.5, 0.6) is 0 Å². The Balaban J connectivity index is 1.98. The summed E-state index contributed by atoms with van der Waals surface area (Å²) in [7, 11) is -4.12. The van der Waals surface area contributed by atoms with Crippen molar-refractivity contribution in [2.24, 2.45) is 0 Å². The number of benzene rings is 3. The highest BCUT2D eigenvalue weighted by molar-refractivity contribution is 7.92. The molecule has 0 spiro atoms. The first-order chi connectivity index (χ1) is 18.1. The Kier molecular flexibility index (Phi) is 10.3. The van der Waals surface area contributed by atoms with Gasteiger partial charge in [0.05, 0.1) is 10.6 Å². The predicted octanol–water partition coefficient (Wildman–Crippen LogP) is 5.18. The number of sulfonamides is 1. The van der Waals surface area contributed by atoms with Gasteiger partial charge in [-0.15, -0.1) is 0 Å². The molecule has 0 saturated heterocycles. The Morgan fingerprint density at radius 1 is 0.947 bits per heavy atom. The van der Waals surface area contributed by atoms with Crippen LogP contribution in [0, 0.1) is 6.92 Å². The van der Waals surface area contributed by atoms with E-state index in [4.69, 9.17) is 11.6 Å². The molecule has 1 atom stereocenters. The number of carbonyl (C=O) groups excluding carboxylic acids is 2. The van der Waals surface area contributed by atoms with Gasteiger partial charge in [-0.25, -0.2) is 8.42 Å². The highest BCUT2D eigenvalue weighted by Gasteiger charge is 2.32. The topological polar surface area (TPSA) is 86.8 Å². The quantitative estimate of drug-likeness (QED) is 0.312. The van der Waals surface area contributed by atoms with Gasteiger partial charge >= 0.3 is 0 Å². The van der Waals surface area contributed by atoms with Crippen LogP contribution in [0.15, 0.2) is 83.8 Å². The highest BCUT2D eigenvalue weighted by atomic mass is 35.5. The van der Waals surface area contributed by atoms with Gasteiger partial charge in [-0.05, 0) is 67.8 Å². The highest BCUT2D eigenvalue weighted by Crippen LogP contribution is 2.25. The number of carbonyl (C=O) groups is 2. The number of halogens is 1. The first-order valence-corrected chi connectivity index (χ1v) is 14.4. The van der Waals surface area contributed by atoms with Crippen LogP contribution in [0.4, 0.5) is 5.69 Å². The third-order valence-corrected chi connectivity index (χ3v) is 8.36. The fourth-order valence-corrected chi connectivity index (χ4v) is 5.49. The number of nitrogens with one attached hydrogen (secondary N) is 1. The summed E-state index contributed by atoms with van der Waals surface area (Å²) in [6.07, 6.45) is 1.75. The van der Waals surface area contributed by atoms with E-state index in [0.717, 1.165) is 28.3 Å². The maximum absolute atomic E-state index is 13.9. The zero-order valence-electron chi connectivity index (χ0n) is 21.9. The standard InChI is InChI=1S/C29H34ClN3O4S/c1-4-5-19-31-29(35)23(3)32(20-24-12-10-9-11-22(24)2)28(34)21-33(26-13-7-6-8-14-26)38(36,37)27-17-15-25(30)16-18-27/h6-18,23H,4-5,19-21H2,1-3H3,(H,31,35)/t23-/m1/s1. The van der Waals surface area contributed by atoms with Gasteiger partial charge < -0.3 is 10.2 Å². The van der Waals surface area contributed by atoms with E-state index < -0.39 is 28.5 Å². The summed E-state index contributed by atoms with van der Waals surface area (Å²) in [6.45, 7) is 5.82. The summed E-state index contributed by atoms with van der Waals surface area (Å²) in [6, 6.07) is 21.1. The lowest BCUT2D eigenvalue weighted by molar-refractivity contribution is -0.139. The zero-order valence-corrected chi connectivity index (χ0v) is 23.5. The molecule has 0 aliphatic heterocycles. The average molecular weight is 556 g/mol. The van der Waals surface area contributed by atoms with Crippen molar-refractivity contribution in [1.82, 2.24) is 10.2 Å². The van der Waals surface area contributed by atoms with Crippen molar-refractivity contribution in [3.05, 3.63) is 95.0 Å². The molecule has 0 aliphatic rings. The Labute approximate surface area is 230 Å². The molecule has 0 heterocycles. The molecule has 0 fully saturated rings. The molecule has 0 radical (unpaired) electrons. The monoisotopic (exact) mass is 555 g/mol. The number of hydrogen-bond donors (Lipinski definition) is 1. The molecule has 3 aromatic carbocycles. The zero-order chi connectivity index (χ0) is 27.7. The minimum atomic E-state index is -4.12. The summed E-state index contributed by atoms with van der Waals surface area (Å²) < 4.78 is 28.5. The first-order valence-electron chi connectivity index (χ1n) is 12.6. The molecule has 202 valence electrons.